The molecular weight excluding hydrogens is 451 g/mol. The van der Waals surface area contributed by atoms with Crippen LogP contribution >= 0.6 is 7.82 Å². The van der Waals surface area contributed by atoms with E-state index in [1.165, 1.54) is 0 Å². The first kappa shape index (κ1) is 26.0. The molecule has 3 aromatic rings. The van der Waals surface area contributed by atoms with Crippen molar-refractivity contribution in [3.8, 4) is 11.1 Å². The van der Waals surface area contributed by atoms with Crippen molar-refractivity contribution in [2.45, 2.75) is 52.6 Å². The molecule has 0 saturated carbocycles. The van der Waals surface area contributed by atoms with Crippen LogP contribution in [0.5, 0.6) is 0 Å². The van der Waals surface area contributed by atoms with Crippen LogP contribution in [0, 0.1) is 6.92 Å². The second-order valence-corrected chi connectivity index (χ2v) is 9.88. The normalized spacial score (nSPS) is 13.2. The Morgan fingerprint density at radius 3 is 2.50 bits per heavy atom. The molecule has 0 radical (unpaired) electrons. The van der Waals surface area contributed by atoms with Crippen LogP contribution in [0.2, 0.25) is 0 Å². The zero-order chi connectivity index (χ0) is 24.6. The summed E-state index contributed by atoms with van der Waals surface area (Å²) in [4.78, 5) is 27.0. The highest BCUT2D eigenvalue weighted by molar-refractivity contribution is 7.47. The molecule has 1 atom stereocenters. The highest BCUT2D eigenvalue weighted by atomic mass is 31.2. The number of aryl methyl sites for hydroxylation is 1. The molecule has 34 heavy (non-hydrogen) atoms. The lowest BCUT2D eigenvalue weighted by atomic mass is 9.92. The van der Waals surface area contributed by atoms with Crippen LogP contribution in [-0.4, -0.2) is 35.0 Å². The van der Waals surface area contributed by atoms with Crippen LogP contribution in [0.1, 0.15) is 44.4 Å². The third-order valence-electron chi connectivity index (χ3n) is 5.34. The van der Waals surface area contributed by atoms with E-state index < -0.39 is 7.82 Å². The second-order valence-electron chi connectivity index (χ2n) is 8.48. The standard InChI is InChI=1S/C26H33N2O5P/c1-19(2)33-34(30,31)32-17-11-5-10-16-27-25(29)18-23-20(3)28-24-15-9-8-14-22(24)26(23)21-12-6-4-7-13-21/h4,6-9,12-15,19H,5,10-11,16-18H2,1-3H3,(H,27,29)(H,30,31). The van der Waals surface area contributed by atoms with Gasteiger partial charge in [-0.05, 0) is 62.8 Å². The van der Waals surface area contributed by atoms with Gasteiger partial charge in [-0.1, -0.05) is 48.5 Å². The summed E-state index contributed by atoms with van der Waals surface area (Å²) in [6, 6.07) is 18.1. The molecule has 1 unspecified atom stereocenters. The Bertz CT molecular complexity index is 1150. The topological polar surface area (TPSA) is 97.8 Å². The Hall–Kier alpha value is -2.57. The molecule has 0 aliphatic carbocycles. The molecule has 182 valence electrons. The smallest absolute Gasteiger partial charge is 0.356 e. The van der Waals surface area contributed by atoms with Gasteiger partial charge in [-0.3, -0.25) is 18.8 Å². The van der Waals surface area contributed by atoms with Crippen LogP contribution < -0.4 is 5.32 Å². The SMILES string of the molecule is Cc1nc2ccccc2c(-c2ccccc2)c1CC(=O)NCCCCCOP(=O)(O)OC(C)C. The molecular formula is C26H33N2O5P. The van der Waals surface area contributed by atoms with Crippen LogP contribution in [0.4, 0.5) is 0 Å². The summed E-state index contributed by atoms with van der Waals surface area (Å²) in [5.74, 6) is -0.0567. The summed E-state index contributed by atoms with van der Waals surface area (Å²) in [6.45, 7) is 5.96. The molecule has 2 N–H and O–H groups in total. The predicted molar refractivity (Wildman–Crippen MR) is 134 cm³/mol. The maximum atomic E-state index is 12.8. The number of pyridine rings is 1. The van der Waals surface area contributed by atoms with Crippen molar-refractivity contribution in [2.24, 2.45) is 0 Å². The third-order valence-corrected chi connectivity index (χ3v) is 6.54. The first-order chi connectivity index (χ1) is 16.3. The number of fused-ring (bicyclic) bond motifs is 1. The van der Waals surface area contributed by atoms with Gasteiger partial charge in [-0.15, -0.1) is 0 Å². The number of nitrogens with one attached hydrogen (secondary N) is 1. The van der Waals surface area contributed by atoms with E-state index in [4.69, 9.17) is 14.0 Å². The van der Waals surface area contributed by atoms with Crippen molar-refractivity contribution in [3.05, 3.63) is 65.9 Å². The lowest BCUT2D eigenvalue weighted by Gasteiger charge is -2.16. The highest BCUT2D eigenvalue weighted by Gasteiger charge is 2.22. The van der Waals surface area contributed by atoms with Crippen molar-refractivity contribution in [3.63, 3.8) is 0 Å². The van der Waals surface area contributed by atoms with Crippen molar-refractivity contribution in [1.82, 2.24) is 10.3 Å². The van der Waals surface area contributed by atoms with Gasteiger partial charge in [0.1, 0.15) is 0 Å². The summed E-state index contributed by atoms with van der Waals surface area (Å²) in [5.41, 5.74) is 4.81. The van der Waals surface area contributed by atoms with E-state index in [0.717, 1.165) is 46.1 Å². The Balaban J connectivity index is 1.56. The molecule has 0 fully saturated rings. The zero-order valence-electron chi connectivity index (χ0n) is 20.0. The number of hydrogen-bond donors (Lipinski definition) is 2. The molecule has 1 aromatic heterocycles. The van der Waals surface area contributed by atoms with Crippen molar-refractivity contribution in [2.75, 3.05) is 13.2 Å². The Morgan fingerprint density at radius 1 is 1.06 bits per heavy atom. The highest BCUT2D eigenvalue weighted by Crippen LogP contribution is 2.44. The molecule has 7 nitrogen and oxygen atoms in total. The van der Waals surface area contributed by atoms with E-state index >= 15 is 0 Å². The van der Waals surface area contributed by atoms with Gasteiger partial charge in [0.2, 0.25) is 5.91 Å². The molecule has 0 aliphatic heterocycles. The van der Waals surface area contributed by atoms with E-state index in [0.29, 0.717) is 13.0 Å². The maximum absolute atomic E-state index is 12.8. The molecule has 3 rings (SSSR count). The number of carbonyl (C=O) groups excluding carboxylic acids is 1. The van der Waals surface area contributed by atoms with E-state index in [2.05, 4.69) is 17.4 Å². The Labute approximate surface area is 201 Å². The van der Waals surface area contributed by atoms with Gasteiger partial charge < -0.3 is 10.2 Å². The number of rotatable bonds is 12. The molecule has 1 amide bonds. The molecule has 1 heterocycles. The molecule has 0 bridgehead atoms. The van der Waals surface area contributed by atoms with Crippen LogP contribution in [-0.2, 0) is 24.8 Å². The molecule has 0 aliphatic rings. The number of phosphoric ester groups is 1. The average Bonchev–Trinajstić information content (AvgIpc) is 2.78. The number of aromatic nitrogens is 1. The number of para-hydroxylation sites is 1. The summed E-state index contributed by atoms with van der Waals surface area (Å²) < 4.78 is 21.5. The second kappa shape index (κ2) is 12.2. The van der Waals surface area contributed by atoms with Gasteiger partial charge in [-0.25, -0.2) is 4.57 Å². The predicted octanol–water partition coefficient (Wildman–Crippen LogP) is 5.58. The number of benzene rings is 2. The van der Waals surface area contributed by atoms with E-state index in [1.54, 1.807) is 13.8 Å². The van der Waals surface area contributed by atoms with Gasteiger partial charge in [-0.2, -0.15) is 0 Å². The van der Waals surface area contributed by atoms with Gasteiger partial charge >= 0.3 is 7.82 Å². The van der Waals surface area contributed by atoms with Gasteiger partial charge in [0.25, 0.3) is 0 Å². The third kappa shape index (κ3) is 7.47. The summed E-state index contributed by atoms with van der Waals surface area (Å²) in [7, 11) is -3.99. The minimum Gasteiger partial charge on any atom is -0.356 e. The number of phosphoric acid groups is 1. The van der Waals surface area contributed by atoms with E-state index in [9.17, 15) is 14.3 Å². The van der Waals surface area contributed by atoms with Crippen molar-refractivity contribution in [1.29, 1.82) is 0 Å². The minimum atomic E-state index is -3.99. The molecule has 2 aromatic carbocycles. The average molecular weight is 485 g/mol. The fourth-order valence-electron chi connectivity index (χ4n) is 3.86. The van der Waals surface area contributed by atoms with Gasteiger partial charge in [0.15, 0.2) is 0 Å². The molecule has 8 heteroatoms. The Morgan fingerprint density at radius 2 is 1.76 bits per heavy atom. The van der Waals surface area contributed by atoms with Crippen LogP contribution in [0.25, 0.3) is 22.0 Å². The first-order valence-corrected chi connectivity index (χ1v) is 13.1. The largest absolute Gasteiger partial charge is 0.472 e. The van der Waals surface area contributed by atoms with Crippen LogP contribution in [0.3, 0.4) is 0 Å². The maximum Gasteiger partial charge on any atom is 0.472 e. The summed E-state index contributed by atoms with van der Waals surface area (Å²) in [6.07, 6.45) is 1.98. The van der Waals surface area contributed by atoms with Crippen molar-refractivity contribution >= 4 is 24.6 Å². The Kier molecular flexibility index (Phi) is 9.36. The number of hydrogen-bond acceptors (Lipinski definition) is 5. The molecule has 0 spiro atoms. The van der Waals surface area contributed by atoms with Gasteiger partial charge in [0, 0.05) is 17.6 Å². The summed E-state index contributed by atoms with van der Waals surface area (Å²) >= 11 is 0. The molecule has 0 saturated heterocycles. The minimum absolute atomic E-state index is 0.0567. The number of amides is 1. The van der Waals surface area contributed by atoms with E-state index in [1.807, 2.05) is 49.4 Å². The monoisotopic (exact) mass is 484 g/mol. The number of unbranched alkanes of at least 4 members (excludes halogenated alkanes) is 2. The lowest BCUT2D eigenvalue weighted by Crippen LogP contribution is -2.26. The summed E-state index contributed by atoms with van der Waals surface area (Å²) in [5, 5.41) is 4.01. The van der Waals surface area contributed by atoms with E-state index in [-0.39, 0.29) is 25.0 Å². The van der Waals surface area contributed by atoms with Crippen molar-refractivity contribution < 1.29 is 23.3 Å². The lowest BCUT2D eigenvalue weighted by molar-refractivity contribution is -0.120. The van der Waals surface area contributed by atoms with Crippen LogP contribution in [0.15, 0.2) is 54.6 Å². The number of nitrogens with zero attached hydrogens (tertiary/aromatic N) is 1. The fraction of sp³-hybridized carbons (Fsp3) is 0.385. The quantitative estimate of drug-likeness (QED) is 0.257. The first-order valence-electron chi connectivity index (χ1n) is 11.6. The zero-order valence-corrected chi connectivity index (χ0v) is 20.9. The van der Waals surface area contributed by atoms with Gasteiger partial charge in [0.05, 0.1) is 24.6 Å². The fourth-order valence-corrected chi connectivity index (χ4v) is 4.81. The number of carbonyl (C=O) groups is 1.